The molecule has 3 aliphatic rings. The maximum Gasteiger partial charge on any atom is 0.208 e. The van der Waals surface area contributed by atoms with Crippen LogP contribution in [0, 0.1) is 11.8 Å². The van der Waals surface area contributed by atoms with Crippen LogP contribution in [-0.4, -0.2) is 63.1 Å². The topological polar surface area (TPSA) is 98.6 Å². The molecule has 0 bridgehead atoms. The Hall–Kier alpha value is -5.02. The quantitative estimate of drug-likeness (QED) is 0.303. The molecule has 3 aromatic heterocycles. The Balaban J connectivity index is 1.05. The van der Waals surface area contributed by atoms with E-state index in [0.717, 1.165) is 59.5 Å². The van der Waals surface area contributed by atoms with Gasteiger partial charge in [-0.25, -0.2) is 9.97 Å². The number of aldehydes is 1. The lowest BCUT2D eigenvalue weighted by molar-refractivity contribution is -0.121. The second-order valence-corrected chi connectivity index (χ2v) is 11.3. The van der Waals surface area contributed by atoms with E-state index < -0.39 is 6.04 Å². The fourth-order valence-corrected chi connectivity index (χ4v) is 6.73. The van der Waals surface area contributed by atoms with Crippen LogP contribution in [0.25, 0.3) is 27.9 Å². The van der Waals surface area contributed by atoms with Gasteiger partial charge < -0.3 is 24.5 Å². The number of Topliss-reactive ketones (excluding diaryl/α,β-unsaturated/α-hetero) is 1. The molecule has 2 aromatic carbocycles. The highest BCUT2D eigenvalue weighted by Gasteiger charge is 2.47. The summed E-state index contributed by atoms with van der Waals surface area (Å²) in [7, 11) is 0. The van der Waals surface area contributed by atoms with Crippen LogP contribution >= 0.6 is 0 Å². The normalized spacial score (nSPS) is 23.2. The average Bonchev–Trinajstić information content (AvgIpc) is 3.82. The Bertz CT molecular complexity index is 1840. The van der Waals surface area contributed by atoms with Crippen LogP contribution in [0.4, 0.5) is 11.6 Å². The molecule has 0 saturated carbocycles. The van der Waals surface area contributed by atoms with Gasteiger partial charge >= 0.3 is 0 Å². The van der Waals surface area contributed by atoms with Crippen molar-refractivity contribution in [3.63, 3.8) is 0 Å². The highest BCUT2D eigenvalue weighted by molar-refractivity contribution is 5.95. The highest BCUT2D eigenvalue weighted by Crippen LogP contribution is 2.37. The van der Waals surface area contributed by atoms with E-state index in [1.54, 1.807) is 0 Å². The van der Waals surface area contributed by atoms with E-state index in [1.807, 2.05) is 101 Å². The number of aromatic nitrogens is 4. The monoisotopic (exact) mass is 555 g/mol. The fraction of sp³-hybridized carbons (Fsp3) is 0.212. The molecule has 9 heteroatoms. The Morgan fingerprint density at radius 3 is 2.79 bits per heavy atom. The van der Waals surface area contributed by atoms with Crippen molar-refractivity contribution in [2.75, 3.05) is 29.4 Å². The van der Waals surface area contributed by atoms with E-state index in [1.165, 1.54) is 0 Å². The number of carbonyl (C=O) groups excluding carboxylic acids is 2. The molecule has 2 fully saturated rings. The number of hydrogen-bond acceptors (Lipinski definition) is 7. The second-order valence-electron chi connectivity index (χ2n) is 11.3. The molecule has 4 unspecified atom stereocenters. The number of para-hydroxylation sites is 2. The fourth-order valence-electron chi connectivity index (χ4n) is 6.73. The number of pyridine rings is 1. The number of rotatable bonds is 6. The van der Waals surface area contributed by atoms with Crippen LogP contribution in [0.3, 0.4) is 0 Å². The van der Waals surface area contributed by atoms with Gasteiger partial charge in [-0.1, -0.05) is 30.4 Å². The molecule has 0 radical (unpaired) electrons. The van der Waals surface area contributed by atoms with E-state index >= 15 is 0 Å². The standard InChI is InChI=1S/C33H29N7O2/c41-20-21-13-22(28-19-38-11-5-4-10-30(38)35-28)15-24(14-21)39-17-23-16-34-31(25(23)18-39)32(42)29-9-3-6-12-40(29)33-36-26-7-1-2-8-27(26)37-33/h1-15,19-20,23,25,29,31,34H,16-18H2,(H,36,37). The molecule has 2 N–H and O–H groups in total. The molecule has 4 atom stereocenters. The minimum atomic E-state index is -0.457. The lowest BCUT2D eigenvalue weighted by Gasteiger charge is -2.30. The number of allylic oxidation sites excluding steroid dienone is 2. The molecule has 8 rings (SSSR count). The molecule has 6 heterocycles. The number of anilines is 2. The van der Waals surface area contributed by atoms with Gasteiger partial charge in [0, 0.05) is 61.0 Å². The van der Waals surface area contributed by atoms with Crippen molar-refractivity contribution in [1.29, 1.82) is 0 Å². The van der Waals surface area contributed by atoms with Crippen LogP contribution < -0.4 is 15.1 Å². The summed E-state index contributed by atoms with van der Waals surface area (Å²) in [5.74, 6) is 1.29. The predicted molar refractivity (Wildman–Crippen MR) is 163 cm³/mol. The van der Waals surface area contributed by atoms with Crippen molar-refractivity contribution in [1.82, 2.24) is 24.7 Å². The number of nitrogens with zero attached hydrogens (tertiary/aromatic N) is 5. The molecular weight excluding hydrogens is 526 g/mol. The summed E-state index contributed by atoms with van der Waals surface area (Å²) in [4.78, 5) is 43.2. The molecule has 9 nitrogen and oxygen atoms in total. The molecular formula is C33H29N7O2. The lowest BCUT2D eigenvalue weighted by Crippen LogP contribution is -2.49. The number of benzene rings is 2. The number of carbonyl (C=O) groups is 2. The van der Waals surface area contributed by atoms with E-state index in [9.17, 15) is 9.59 Å². The Labute approximate surface area is 242 Å². The first-order valence-corrected chi connectivity index (χ1v) is 14.3. The van der Waals surface area contributed by atoms with Gasteiger partial charge in [-0.3, -0.25) is 9.59 Å². The maximum atomic E-state index is 14.1. The number of fused-ring (bicyclic) bond motifs is 3. The Kier molecular flexibility index (Phi) is 5.78. The van der Waals surface area contributed by atoms with Crippen LogP contribution in [0.5, 0.6) is 0 Å². The van der Waals surface area contributed by atoms with Crippen molar-refractivity contribution in [3.05, 3.63) is 103 Å². The van der Waals surface area contributed by atoms with Gasteiger partial charge in [-0.05, 0) is 54.5 Å². The van der Waals surface area contributed by atoms with Crippen LogP contribution in [0.1, 0.15) is 10.4 Å². The number of nitrogens with one attached hydrogen (secondary N) is 2. The van der Waals surface area contributed by atoms with Crippen LogP contribution in [0.15, 0.2) is 97.5 Å². The second kappa shape index (κ2) is 9.81. The summed E-state index contributed by atoms with van der Waals surface area (Å²) in [5.41, 5.74) is 5.99. The smallest absolute Gasteiger partial charge is 0.208 e. The van der Waals surface area contributed by atoms with Gasteiger partial charge in [0.1, 0.15) is 18.0 Å². The number of imidazole rings is 2. The third kappa shape index (κ3) is 4.12. The molecule has 3 aliphatic heterocycles. The van der Waals surface area contributed by atoms with Crippen molar-refractivity contribution < 1.29 is 9.59 Å². The third-order valence-electron chi connectivity index (χ3n) is 8.79. The summed E-state index contributed by atoms with van der Waals surface area (Å²) < 4.78 is 1.98. The minimum Gasteiger partial charge on any atom is -0.371 e. The first kappa shape index (κ1) is 24.8. The third-order valence-corrected chi connectivity index (χ3v) is 8.79. The first-order chi connectivity index (χ1) is 20.6. The molecule has 0 amide bonds. The summed E-state index contributed by atoms with van der Waals surface area (Å²) in [5, 5.41) is 3.54. The predicted octanol–water partition coefficient (Wildman–Crippen LogP) is 4.24. The van der Waals surface area contributed by atoms with Gasteiger partial charge in [0.25, 0.3) is 0 Å². The molecule has 0 spiro atoms. The van der Waals surface area contributed by atoms with Gasteiger partial charge in [-0.2, -0.15) is 0 Å². The van der Waals surface area contributed by atoms with E-state index in [0.29, 0.717) is 17.4 Å². The molecule has 208 valence electrons. The summed E-state index contributed by atoms with van der Waals surface area (Å²) in [6.07, 6.45) is 12.6. The van der Waals surface area contributed by atoms with Crippen molar-refractivity contribution in [2.45, 2.75) is 12.1 Å². The molecule has 42 heavy (non-hydrogen) atoms. The van der Waals surface area contributed by atoms with Crippen molar-refractivity contribution in [2.24, 2.45) is 11.8 Å². The number of aromatic amines is 1. The number of hydrogen-bond donors (Lipinski definition) is 2. The highest BCUT2D eigenvalue weighted by atomic mass is 16.1. The molecule has 2 saturated heterocycles. The zero-order chi connectivity index (χ0) is 28.2. The number of H-pyrrole nitrogens is 1. The van der Waals surface area contributed by atoms with Crippen LogP contribution in [-0.2, 0) is 4.79 Å². The van der Waals surface area contributed by atoms with Gasteiger partial charge in [0.2, 0.25) is 5.95 Å². The Morgan fingerprint density at radius 1 is 1.00 bits per heavy atom. The van der Waals surface area contributed by atoms with Gasteiger partial charge in [-0.15, -0.1) is 0 Å². The summed E-state index contributed by atoms with van der Waals surface area (Å²) in [6.45, 7) is 2.33. The van der Waals surface area contributed by atoms with Crippen LogP contribution in [0.2, 0.25) is 0 Å². The first-order valence-electron chi connectivity index (χ1n) is 14.3. The van der Waals surface area contributed by atoms with E-state index in [2.05, 4.69) is 21.3 Å². The largest absolute Gasteiger partial charge is 0.371 e. The summed E-state index contributed by atoms with van der Waals surface area (Å²) in [6, 6.07) is 19.0. The lowest BCUT2D eigenvalue weighted by atomic mass is 9.88. The zero-order valence-electron chi connectivity index (χ0n) is 22.8. The average molecular weight is 556 g/mol. The maximum absolute atomic E-state index is 14.1. The SMILES string of the molecule is O=Cc1cc(-c2cn3ccccc3n2)cc(N2CC3CNC(C(=O)C4C=CC=CN4c4nc5ccccc5[nH]4)C3C2)c1. The van der Waals surface area contributed by atoms with Gasteiger partial charge in [0.05, 0.1) is 22.8 Å². The van der Waals surface area contributed by atoms with Gasteiger partial charge in [0.15, 0.2) is 5.78 Å². The summed E-state index contributed by atoms with van der Waals surface area (Å²) >= 11 is 0. The molecule has 5 aromatic rings. The molecule has 0 aliphatic carbocycles. The zero-order valence-corrected chi connectivity index (χ0v) is 22.8. The number of ketones is 1. The van der Waals surface area contributed by atoms with E-state index in [4.69, 9.17) is 9.97 Å². The Morgan fingerprint density at radius 2 is 1.90 bits per heavy atom. The van der Waals surface area contributed by atoms with Crippen molar-refractivity contribution >= 4 is 40.4 Å². The minimum absolute atomic E-state index is 0.137. The van der Waals surface area contributed by atoms with Crippen molar-refractivity contribution in [3.8, 4) is 11.3 Å². The van der Waals surface area contributed by atoms with E-state index in [-0.39, 0.29) is 17.7 Å².